The quantitative estimate of drug-likeness (QED) is 0.577. The first kappa shape index (κ1) is 8.15. The normalized spacial score (nSPS) is 30.6. The summed E-state index contributed by atoms with van der Waals surface area (Å²) < 4.78 is 0. The molecule has 0 aromatic rings. The van der Waals surface area contributed by atoms with Gasteiger partial charge in [-0.25, -0.2) is 0 Å². The Morgan fingerprint density at radius 3 is 2.75 bits per heavy atom. The third-order valence-corrected chi connectivity index (χ3v) is 3.11. The van der Waals surface area contributed by atoms with E-state index in [0.717, 1.165) is 5.92 Å². The van der Waals surface area contributed by atoms with Crippen LogP contribution in [0.5, 0.6) is 0 Å². The second-order valence-electron chi connectivity index (χ2n) is 4.28. The summed E-state index contributed by atoms with van der Waals surface area (Å²) in [6, 6.07) is 0. The molecule has 68 valence electrons. The molecule has 1 fully saturated rings. The summed E-state index contributed by atoms with van der Waals surface area (Å²) in [7, 11) is 0. The van der Waals surface area contributed by atoms with E-state index in [9.17, 15) is 0 Å². The van der Waals surface area contributed by atoms with Crippen molar-refractivity contribution in [2.45, 2.75) is 39.0 Å². The van der Waals surface area contributed by atoms with Crippen molar-refractivity contribution in [3.05, 3.63) is 11.8 Å². The molecule has 1 aliphatic heterocycles. The van der Waals surface area contributed by atoms with E-state index in [1.807, 2.05) is 0 Å². The zero-order valence-electron chi connectivity index (χ0n) is 8.05. The lowest BCUT2D eigenvalue weighted by molar-refractivity contribution is 0.358. The Balaban J connectivity index is 1.97. The molecule has 1 saturated heterocycles. The Kier molecular flexibility index (Phi) is 2.38. The van der Waals surface area contributed by atoms with Gasteiger partial charge in [-0.1, -0.05) is 13.0 Å². The van der Waals surface area contributed by atoms with Crippen LogP contribution < -0.4 is 0 Å². The molecule has 1 unspecified atom stereocenters. The first-order valence-corrected chi connectivity index (χ1v) is 5.30. The highest BCUT2D eigenvalue weighted by molar-refractivity contribution is 5.06. The van der Waals surface area contributed by atoms with Crippen LogP contribution in [0.3, 0.4) is 0 Å². The van der Waals surface area contributed by atoms with Crippen molar-refractivity contribution < 1.29 is 0 Å². The van der Waals surface area contributed by atoms with Crippen molar-refractivity contribution in [3.8, 4) is 0 Å². The van der Waals surface area contributed by atoms with Gasteiger partial charge in [-0.2, -0.15) is 0 Å². The highest BCUT2D eigenvalue weighted by atomic mass is 15.1. The molecule has 2 rings (SSSR count). The summed E-state index contributed by atoms with van der Waals surface area (Å²) in [5.41, 5.74) is 1.64. The molecule has 0 aromatic heterocycles. The van der Waals surface area contributed by atoms with E-state index >= 15 is 0 Å². The number of allylic oxidation sites excluding steroid dienone is 2. The van der Waals surface area contributed by atoms with Gasteiger partial charge in [0.05, 0.1) is 0 Å². The summed E-state index contributed by atoms with van der Waals surface area (Å²) in [5.74, 6) is 0.922. The van der Waals surface area contributed by atoms with E-state index in [0.29, 0.717) is 0 Å². The lowest BCUT2D eigenvalue weighted by atomic mass is 9.93. The van der Waals surface area contributed by atoms with Gasteiger partial charge in [0.25, 0.3) is 0 Å². The van der Waals surface area contributed by atoms with Crippen LogP contribution in [-0.4, -0.2) is 18.0 Å². The van der Waals surface area contributed by atoms with Crippen LogP contribution in [0.15, 0.2) is 11.8 Å². The van der Waals surface area contributed by atoms with Gasteiger partial charge in [-0.05, 0) is 38.0 Å². The highest BCUT2D eigenvalue weighted by Crippen LogP contribution is 2.27. The van der Waals surface area contributed by atoms with E-state index in [-0.39, 0.29) is 0 Å². The monoisotopic (exact) mass is 165 g/mol. The van der Waals surface area contributed by atoms with Crippen LogP contribution in [0.1, 0.15) is 39.0 Å². The largest absolute Gasteiger partial charge is 0.375 e. The van der Waals surface area contributed by atoms with Crippen molar-refractivity contribution in [3.63, 3.8) is 0 Å². The smallest absolute Gasteiger partial charge is 0.0175 e. The molecule has 2 aliphatic rings. The van der Waals surface area contributed by atoms with Crippen LogP contribution in [0.2, 0.25) is 0 Å². The molecular formula is C11H19N. The van der Waals surface area contributed by atoms with Gasteiger partial charge < -0.3 is 4.90 Å². The molecule has 1 heteroatoms. The van der Waals surface area contributed by atoms with E-state index in [1.165, 1.54) is 45.2 Å². The lowest BCUT2D eigenvalue weighted by Crippen LogP contribution is -2.22. The number of hydrogen-bond donors (Lipinski definition) is 0. The van der Waals surface area contributed by atoms with Crippen molar-refractivity contribution in [2.75, 3.05) is 13.1 Å². The van der Waals surface area contributed by atoms with Crippen LogP contribution >= 0.6 is 0 Å². The van der Waals surface area contributed by atoms with Crippen LogP contribution in [0.25, 0.3) is 0 Å². The molecule has 0 saturated carbocycles. The van der Waals surface area contributed by atoms with Crippen molar-refractivity contribution >= 4 is 0 Å². The van der Waals surface area contributed by atoms with Crippen molar-refractivity contribution in [2.24, 2.45) is 5.92 Å². The fourth-order valence-corrected chi connectivity index (χ4v) is 2.34. The first-order chi connectivity index (χ1) is 5.86. The number of likely N-dealkylation sites (tertiary alicyclic amines) is 1. The Labute approximate surface area is 75.4 Å². The minimum absolute atomic E-state index is 0.922. The predicted molar refractivity (Wildman–Crippen MR) is 51.9 cm³/mol. The minimum atomic E-state index is 0.922. The second kappa shape index (κ2) is 3.51. The molecule has 0 bridgehead atoms. The topological polar surface area (TPSA) is 3.24 Å². The molecule has 0 radical (unpaired) electrons. The Morgan fingerprint density at radius 1 is 1.33 bits per heavy atom. The fraction of sp³-hybridized carbons (Fsp3) is 0.818. The molecule has 1 heterocycles. The van der Waals surface area contributed by atoms with Gasteiger partial charge in [-0.15, -0.1) is 0 Å². The SMILES string of the molecule is CC1CCC=C(N2CCCC2)C1. The number of rotatable bonds is 1. The Bertz CT molecular complexity index is 177. The third-order valence-electron chi connectivity index (χ3n) is 3.11. The number of hydrogen-bond acceptors (Lipinski definition) is 1. The van der Waals surface area contributed by atoms with Crippen molar-refractivity contribution in [1.82, 2.24) is 4.90 Å². The summed E-state index contributed by atoms with van der Waals surface area (Å²) in [6.07, 6.45) is 9.33. The average molecular weight is 165 g/mol. The lowest BCUT2D eigenvalue weighted by Gasteiger charge is -2.27. The maximum Gasteiger partial charge on any atom is 0.0175 e. The fourth-order valence-electron chi connectivity index (χ4n) is 2.34. The average Bonchev–Trinajstić information content (AvgIpc) is 2.56. The molecule has 0 aromatic carbocycles. The van der Waals surface area contributed by atoms with Gasteiger partial charge in [-0.3, -0.25) is 0 Å². The molecule has 1 nitrogen and oxygen atoms in total. The summed E-state index contributed by atoms with van der Waals surface area (Å²) in [5, 5.41) is 0. The van der Waals surface area contributed by atoms with Gasteiger partial charge in [0.1, 0.15) is 0 Å². The molecule has 1 aliphatic carbocycles. The molecule has 1 atom stereocenters. The summed E-state index contributed by atoms with van der Waals surface area (Å²) in [6.45, 7) is 5.01. The van der Waals surface area contributed by atoms with Crippen molar-refractivity contribution in [1.29, 1.82) is 0 Å². The van der Waals surface area contributed by atoms with E-state index < -0.39 is 0 Å². The van der Waals surface area contributed by atoms with E-state index in [4.69, 9.17) is 0 Å². The van der Waals surface area contributed by atoms with Crippen LogP contribution in [0, 0.1) is 5.92 Å². The minimum Gasteiger partial charge on any atom is -0.375 e. The third kappa shape index (κ3) is 1.65. The second-order valence-corrected chi connectivity index (χ2v) is 4.28. The molecule has 0 amide bonds. The van der Waals surface area contributed by atoms with Crippen LogP contribution in [0.4, 0.5) is 0 Å². The van der Waals surface area contributed by atoms with Gasteiger partial charge in [0.15, 0.2) is 0 Å². The summed E-state index contributed by atoms with van der Waals surface area (Å²) >= 11 is 0. The van der Waals surface area contributed by atoms with Gasteiger partial charge in [0.2, 0.25) is 0 Å². The standard InChI is InChI=1S/C11H19N/c1-10-5-4-6-11(9-10)12-7-2-3-8-12/h6,10H,2-5,7-9H2,1H3. The van der Waals surface area contributed by atoms with Gasteiger partial charge in [0, 0.05) is 18.8 Å². The predicted octanol–water partition coefficient (Wildman–Crippen LogP) is 2.79. The van der Waals surface area contributed by atoms with E-state index in [2.05, 4.69) is 17.9 Å². The Hall–Kier alpha value is -0.460. The van der Waals surface area contributed by atoms with Crippen LogP contribution in [-0.2, 0) is 0 Å². The maximum atomic E-state index is 2.59. The van der Waals surface area contributed by atoms with E-state index in [1.54, 1.807) is 5.70 Å². The maximum absolute atomic E-state index is 2.59. The zero-order valence-corrected chi connectivity index (χ0v) is 8.05. The molecule has 0 spiro atoms. The summed E-state index contributed by atoms with van der Waals surface area (Å²) in [4.78, 5) is 2.59. The molecular weight excluding hydrogens is 146 g/mol. The van der Waals surface area contributed by atoms with Gasteiger partial charge >= 0.3 is 0 Å². The highest BCUT2D eigenvalue weighted by Gasteiger charge is 2.18. The molecule has 12 heavy (non-hydrogen) atoms. The first-order valence-electron chi connectivity index (χ1n) is 5.30. The zero-order chi connectivity index (χ0) is 8.39. The number of nitrogens with zero attached hydrogens (tertiary/aromatic N) is 1. The molecule has 0 N–H and O–H groups in total. The Morgan fingerprint density at radius 2 is 2.08 bits per heavy atom.